The molecule has 3 aromatic heterocycles. The van der Waals surface area contributed by atoms with E-state index in [9.17, 15) is 4.39 Å². The number of pyridine rings is 1. The van der Waals surface area contributed by atoms with Crippen molar-refractivity contribution in [3.8, 4) is 11.1 Å². The maximum absolute atomic E-state index is 15.1. The van der Waals surface area contributed by atoms with Gasteiger partial charge in [0.1, 0.15) is 11.5 Å². The van der Waals surface area contributed by atoms with Gasteiger partial charge < -0.3 is 11.1 Å². The van der Waals surface area contributed by atoms with Crippen LogP contribution in [0.5, 0.6) is 0 Å². The van der Waals surface area contributed by atoms with E-state index < -0.39 is 11.6 Å². The summed E-state index contributed by atoms with van der Waals surface area (Å²) in [5.41, 5.74) is 12.0. The Morgan fingerprint density at radius 2 is 1.80 bits per heavy atom. The highest BCUT2D eigenvalue weighted by molar-refractivity contribution is 5.69. The first-order valence-corrected chi connectivity index (χ1v) is 11.9. The standard InChI is InChI=1S/C27H34F2N6/c1-16-18(25(33-34(16)6)26(30)27(2,3)4)8-7-9-20-19(11-12-21(28)24(20)29)17-10-13-22-32-14-23(31-5)35(22)15-17/h10-15,26,31H,7-9,30H2,1-6H3. The number of fused-ring (bicyclic) bond motifs is 1. The van der Waals surface area contributed by atoms with Gasteiger partial charge in [-0.2, -0.15) is 5.10 Å². The molecule has 0 radical (unpaired) electrons. The number of hydrogen-bond acceptors (Lipinski definition) is 4. The quantitative estimate of drug-likeness (QED) is 0.362. The summed E-state index contributed by atoms with van der Waals surface area (Å²) < 4.78 is 33.1. The molecule has 4 aromatic rings. The highest BCUT2D eigenvalue weighted by atomic mass is 19.2. The summed E-state index contributed by atoms with van der Waals surface area (Å²) in [4.78, 5) is 4.36. The molecule has 35 heavy (non-hydrogen) atoms. The third kappa shape index (κ3) is 4.67. The Labute approximate surface area is 205 Å². The SMILES string of the molecule is CNc1cnc2ccc(-c3ccc(F)c(F)c3CCCc3c(C(N)C(C)(C)C)nn(C)c3C)cn12. The number of nitrogens with zero attached hydrogens (tertiary/aromatic N) is 4. The maximum Gasteiger partial charge on any atom is 0.162 e. The molecule has 0 saturated carbocycles. The average molecular weight is 481 g/mol. The summed E-state index contributed by atoms with van der Waals surface area (Å²) >= 11 is 0. The average Bonchev–Trinajstić information content (AvgIpc) is 3.35. The lowest BCUT2D eigenvalue weighted by atomic mass is 9.83. The highest BCUT2D eigenvalue weighted by Crippen LogP contribution is 2.34. The van der Waals surface area contributed by atoms with Gasteiger partial charge in [-0.15, -0.1) is 0 Å². The summed E-state index contributed by atoms with van der Waals surface area (Å²) in [5, 5.41) is 7.78. The minimum Gasteiger partial charge on any atom is -0.373 e. The van der Waals surface area contributed by atoms with Crippen molar-refractivity contribution >= 4 is 11.5 Å². The molecule has 3 heterocycles. The zero-order valence-electron chi connectivity index (χ0n) is 21.3. The van der Waals surface area contributed by atoms with Crippen molar-refractivity contribution in [2.45, 2.75) is 53.0 Å². The molecule has 0 saturated heterocycles. The van der Waals surface area contributed by atoms with Crippen molar-refractivity contribution in [3.05, 3.63) is 70.8 Å². The molecule has 0 aliphatic heterocycles. The van der Waals surface area contributed by atoms with Crippen molar-refractivity contribution in [2.24, 2.45) is 18.2 Å². The Bertz CT molecular complexity index is 1360. The third-order valence-corrected chi connectivity index (χ3v) is 6.84. The van der Waals surface area contributed by atoms with E-state index in [2.05, 4.69) is 36.2 Å². The van der Waals surface area contributed by atoms with Crippen LogP contribution in [0.3, 0.4) is 0 Å². The van der Waals surface area contributed by atoms with Gasteiger partial charge in [0.25, 0.3) is 0 Å². The summed E-state index contributed by atoms with van der Waals surface area (Å²) in [7, 11) is 3.73. The predicted octanol–water partition coefficient (Wildman–Crippen LogP) is 5.58. The second kappa shape index (κ2) is 9.41. The Kier molecular flexibility index (Phi) is 6.68. The van der Waals surface area contributed by atoms with Crippen molar-refractivity contribution in [3.63, 3.8) is 0 Å². The molecule has 0 spiro atoms. The molecule has 1 atom stereocenters. The van der Waals surface area contributed by atoms with E-state index >= 15 is 4.39 Å². The Morgan fingerprint density at radius 3 is 2.49 bits per heavy atom. The molecular formula is C27H34F2N6. The minimum atomic E-state index is -0.837. The number of nitrogens with one attached hydrogen (secondary N) is 1. The van der Waals surface area contributed by atoms with E-state index in [4.69, 9.17) is 5.73 Å². The summed E-state index contributed by atoms with van der Waals surface area (Å²) in [6.07, 6.45) is 5.34. The number of halogens is 2. The van der Waals surface area contributed by atoms with Crippen LogP contribution in [0.4, 0.5) is 14.6 Å². The minimum absolute atomic E-state index is 0.143. The first-order chi connectivity index (χ1) is 16.5. The lowest BCUT2D eigenvalue weighted by Gasteiger charge is -2.26. The van der Waals surface area contributed by atoms with Gasteiger partial charge in [-0.3, -0.25) is 9.08 Å². The van der Waals surface area contributed by atoms with Crippen LogP contribution in [0.1, 0.15) is 55.7 Å². The van der Waals surface area contributed by atoms with Gasteiger partial charge in [0.2, 0.25) is 0 Å². The molecule has 6 nitrogen and oxygen atoms in total. The summed E-state index contributed by atoms with van der Waals surface area (Å²) in [6, 6.07) is 6.39. The van der Waals surface area contributed by atoms with Gasteiger partial charge in [0.05, 0.1) is 17.9 Å². The lowest BCUT2D eigenvalue weighted by Crippen LogP contribution is -2.27. The first-order valence-electron chi connectivity index (χ1n) is 11.9. The zero-order valence-corrected chi connectivity index (χ0v) is 21.3. The number of aryl methyl sites for hydroxylation is 1. The molecule has 4 rings (SSSR count). The summed E-state index contributed by atoms with van der Waals surface area (Å²) in [6.45, 7) is 8.30. The fraction of sp³-hybridized carbons (Fsp3) is 0.407. The third-order valence-electron chi connectivity index (χ3n) is 6.84. The van der Waals surface area contributed by atoms with Crippen molar-refractivity contribution in [2.75, 3.05) is 12.4 Å². The molecule has 186 valence electrons. The Hall–Kier alpha value is -3.26. The van der Waals surface area contributed by atoms with E-state index in [1.54, 1.807) is 12.3 Å². The van der Waals surface area contributed by atoms with Crippen LogP contribution in [0, 0.1) is 24.0 Å². The molecule has 0 bridgehead atoms. The van der Waals surface area contributed by atoms with Gasteiger partial charge in [-0.25, -0.2) is 13.8 Å². The smallest absolute Gasteiger partial charge is 0.162 e. The van der Waals surface area contributed by atoms with E-state index in [0.717, 1.165) is 34.0 Å². The molecule has 1 aromatic carbocycles. The number of rotatable bonds is 7. The molecule has 0 aliphatic carbocycles. The maximum atomic E-state index is 15.1. The molecular weight excluding hydrogens is 446 g/mol. The van der Waals surface area contributed by atoms with E-state index in [1.165, 1.54) is 6.07 Å². The first kappa shape index (κ1) is 24.9. The number of nitrogens with two attached hydrogens (primary N) is 1. The van der Waals surface area contributed by atoms with Crippen molar-refractivity contribution in [1.82, 2.24) is 19.2 Å². The molecule has 0 fully saturated rings. The van der Waals surface area contributed by atoms with E-state index in [1.807, 2.05) is 48.4 Å². The number of hydrogen-bond donors (Lipinski definition) is 2. The van der Waals surface area contributed by atoms with Crippen molar-refractivity contribution < 1.29 is 8.78 Å². The lowest BCUT2D eigenvalue weighted by molar-refractivity contribution is 0.318. The molecule has 3 N–H and O–H groups in total. The largest absolute Gasteiger partial charge is 0.373 e. The predicted molar refractivity (Wildman–Crippen MR) is 136 cm³/mol. The number of aromatic nitrogens is 4. The van der Waals surface area contributed by atoms with Gasteiger partial charge in [0, 0.05) is 26.0 Å². The van der Waals surface area contributed by atoms with Crippen LogP contribution in [-0.2, 0) is 19.9 Å². The zero-order chi connectivity index (χ0) is 25.5. The van der Waals surface area contributed by atoms with Gasteiger partial charge in [0.15, 0.2) is 11.6 Å². The Morgan fingerprint density at radius 1 is 1.09 bits per heavy atom. The van der Waals surface area contributed by atoms with Crippen LogP contribution in [-0.4, -0.2) is 26.2 Å². The van der Waals surface area contributed by atoms with Gasteiger partial charge in [-0.1, -0.05) is 26.8 Å². The van der Waals surface area contributed by atoms with E-state index in [0.29, 0.717) is 30.4 Å². The second-order valence-electron chi connectivity index (χ2n) is 10.2. The van der Waals surface area contributed by atoms with Gasteiger partial charge in [-0.05, 0) is 72.1 Å². The monoisotopic (exact) mass is 480 g/mol. The topological polar surface area (TPSA) is 73.2 Å². The van der Waals surface area contributed by atoms with Crippen molar-refractivity contribution in [1.29, 1.82) is 0 Å². The van der Waals surface area contributed by atoms with Crippen LogP contribution >= 0.6 is 0 Å². The normalized spacial score (nSPS) is 12.9. The second-order valence-corrected chi connectivity index (χ2v) is 10.2. The molecule has 0 amide bonds. The fourth-order valence-corrected chi connectivity index (χ4v) is 4.52. The number of benzene rings is 1. The molecule has 1 unspecified atom stereocenters. The van der Waals surface area contributed by atoms with Crippen LogP contribution in [0.2, 0.25) is 0 Å². The highest BCUT2D eigenvalue weighted by Gasteiger charge is 2.28. The Balaban J connectivity index is 1.65. The van der Waals surface area contributed by atoms with Gasteiger partial charge >= 0.3 is 0 Å². The molecule has 0 aliphatic rings. The van der Waals surface area contributed by atoms with Crippen LogP contribution in [0.15, 0.2) is 36.7 Å². The van der Waals surface area contributed by atoms with Crippen LogP contribution < -0.4 is 11.1 Å². The van der Waals surface area contributed by atoms with Crippen LogP contribution in [0.25, 0.3) is 16.8 Å². The number of anilines is 1. The fourth-order valence-electron chi connectivity index (χ4n) is 4.52. The van der Waals surface area contributed by atoms with E-state index in [-0.39, 0.29) is 11.5 Å². The summed E-state index contributed by atoms with van der Waals surface area (Å²) in [5.74, 6) is -0.811. The number of imidazole rings is 1. The molecule has 8 heteroatoms.